The van der Waals surface area contributed by atoms with E-state index in [1.807, 2.05) is 39.0 Å². The van der Waals surface area contributed by atoms with Crippen LogP contribution in [0.5, 0.6) is 5.75 Å². The van der Waals surface area contributed by atoms with E-state index in [9.17, 15) is 4.79 Å². The lowest BCUT2D eigenvalue weighted by Crippen LogP contribution is -2.07. The smallest absolute Gasteiger partial charge is 0.193 e. The Balaban J connectivity index is 2.27. The second-order valence-electron chi connectivity index (χ2n) is 5.09. The first-order valence-electron chi connectivity index (χ1n) is 6.65. The molecule has 0 radical (unpaired) electrons. The standard InChI is InChI=1S/C17H19NO2/c1-11(2)20-15-8-5-13(6-9-15)17(19)16-10-14(18)7-4-12(16)3/h4-11H,18H2,1-3H3. The molecule has 2 aromatic rings. The summed E-state index contributed by atoms with van der Waals surface area (Å²) in [4.78, 5) is 12.5. The van der Waals surface area contributed by atoms with Crippen molar-refractivity contribution in [1.82, 2.24) is 0 Å². The van der Waals surface area contributed by atoms with E-state index in [0.717, 1.165) is 11.3 Å². The number of nitrogens with two attached hydrogens (primary N) is 1. The zero-order chi connectivity index (χ0) is 14.7. The second kappa shape index (κ2) is 5.78. The van der Waals surface area contributed by atoms with Gasteiger partial charge < -0.3 is 10.5 Å². The summed E-state index contributed by atoms with van der Waals surface area (Å²) in [6, 6.07) is 12.6. The fraction of sp³-hybridized carbons (Fsp3) is 0.235. The number of carbonyl (C=O) groups is 1. The molecule has 0 saturated heterocycles. The molecule has 0 amide bonds. The van der Waals surface area contributed by atoms with Crippen LogP contribution >= 0.6 is 0 Å². The van der Waals surface area contributed by atoms with Gasteiger partial charge in [-0.15, -0.1) is 0 Å². The van der Waals surface area contributed by atoms with Crippen molar-refractivity contribution in [3.63, 3.8) is 0 Å². The number of rotatable bonds is 4. The van der Waals surface area contributed by atoms with Crippen LogP contribution in [-0.4, -0.2) is 11.9 Å². The highest BCUT2D eigenvalue weighted by Gasteiger charge is 2.12. The summed E-state index contributed by atoms with van der Waals surface area (Å²) in [6.07, 6.45) is 0.118. The molecule has 0 aliphatic rings. The monoisotopic (exact) mass is 269 g/mol. The van der Waals surface area contributed by atoms with Crippen molar-refractivity contribution >= 4 is 11.5 Å². The Kier molecular flexibility index (Phi) is 4.08. The minimum Gasteiger partial charge on any atom is -0.491 e. The summed E-state index contributed by atoms with van der Waals surface area (Å²) < 4.78 is 5.57. The molecule has 0 bridgehead atoms. The molecule has 0 aliphatic heterocycles. The van der Waals surface area contributed by atoms with Gasteiger partial charge in [0.15, 0.2) is 5.78 Å². The third kappa shape index (κ3) is 3.18. The lowest BCUT2D eigenvalue weighted by molar-refractivity contribution is 0.103. The predicted octanol–water partition coefficient (Wildman–Crippen LogP) is 3.60. The normalized spacial score (nSPS) is 10.6. The van der Waals surface area contributed by atoms with Gasteiger partial charge in [-0.3, -0.25) is 4.79 Å². The SMILES string of the molecule is Cc1ccc(N)cc1C(=O)c1ccc(OC(C)C)cc1. The summed E-state index contributed by atoms with van der Waals surface area (Å²) in [7, 11) is 0. The Hall–Kier alpha value is -2.29. The molecule has 0 aliphatic carbocycles. The van der Waals surface area contributed by atoms with Crippen LogP contribution in [-0.2, 0) is 0 Å². The average molecular weight is 269 g/mol. The highest BCUT2D eigenvalue weighted by Crippen LogP contribution is 2.20. The van der Waals surface area contributed by atoms with E-state index in [1.165, 1.54) is 0 Å². The molecule has 0 atom stereocenters. The van der Waals surface area contributed by atoms with Crippen molar-refractivity contribution in [2.24, 2.45) is 0 Å². The number of hydrogen-bond acceptors (Lipinski definition) is 3. The van der Waals surface area contributed by atoms with E-state index in [1.54, 1.807) is 24.3 Å². The minimum absolute atomic E-state index is 0.0223. The van der Waals surface area contributed by atoms with E-state index in [4.69, 9.17) is 10.5 Å². The number of benzene rings is 2. The summed E-state index contributed by atoms with van der Waals surface area (Å²) in [5, 5.41) is 0. The Bertz CT molecular complexity index is 615. The van der Waals surface area contributed by atoms with Crippen LogP contribution in [0.1, 0.15) is 35.3 Å². The quantitative estimate of drug-likeness (QED) is 0.681. The number of carbonyl (C=O) groups excluding carboxylic acids is 1. The maximum Gasteiger partial charge on any atom is 0.193 e. The molecule has 0 fully saturated rings. The zero-order valence-corrected chi connectivity index (χ0v) is 12.0. The number of aryl methyl sites for hydroxylation is 1. The fourth-order valence-corrected chi connectivity index (χ4v) is 2.00. The highest BCUT2D eigenvalue weighted by molar-refractivity contribution is 6.10. The van der Waals surface area contributed by atoms with Crippen molar-refractivity contribution in [2.75, 3.05) is 5.73 Å². The van der Waals surface area contributed by atoms with Crippen molar-refractivity contribution in [1.29, 1.82) is 0 Å². The average Bonchev–Trinajstić information content (AvgIpc) is 2.41. The van der Waals surface area contributed by atoms with Gasteiger partial charge in [-0.2, -0.15) is 0 Å². The number of hydrogen-bond donors (Lipinski definition) is 1. The Morgan fingerprint density at radius 2 is 1.75 bits per heavy atom. The molecule has 3 nitrogen and oxygen atoms in total. The first-order valence-corrected chi connectivity index (χ1v) is 6.65. The van der Waals surface area contributed by atoms with E-state index in [0.29, 0.717) is 16.8 Å². The molecule has 0 heterocycles. The van der Waals surface area contributed by atoms with Crippen molar-refractivity contribution in [2.45, 2.75) is 26.9 Å². The number of ether oxygens (including phenoxy) is 1. The maximum atomic E-state index is 12.5. The fourth-order valence-electron chi connectivity index (χ4n) is 2.00. The van der Waals surface area contributed by atoms with Crippen molar-refractivity contribution < 1.29 is 9.53 Å². The third-order valence-corrected chi connectivity index (χ3v) is 2.99. The molecule has 0 aromatic heterocycles. The van der Waals surface area contributed by atoms with Gasteiger partial charge in [0.05, 0.1) is 6.10 Å². The van der Waals surface area contributed by atoms with Crippen molar-refractivity contribution in [3.05, 3.63) is 59.2 Å². The van der Waals surface area contributed by atoms with Gasteiger partial charge in [0.25, 0.3) is 0 Å². The molecule has 2 N–H and O–H groups in total. The van der Waals surface area contributed by atoms with Gasteiger partial charge >= 0.3 is 0 Å². The van der Waals surface area contributed by atoms with E-state index < -0.39 is 0 Å². The molecule has 0 unspecified atom stereocenters. The van der Waals surface area contributed by atoms with Crippen LogP contribution in [0.3, 0.4) is 0 Å². The maximum absolute atomic E-state index is 12.5. The van der Waals surface area contributed by atoms with E-state index in [-0.39, 0.29) is 11.9 Å². The lowest BCUT2D eigenvalue weighted by Gasteiger charge is -2.10. The number of anilines is 1. The van der Waals surface area contributed by atoms with Crippen LogP contribution in [0.25, 0.3) is 0 Å². The molecule has 104 valence electrons. The predicted molar refractivity (Wildman–Crippen MR) is 81.2 cm³/mol. The Labute approximate surface area is 119 Å². The zero-order valence-electron chi connectivity index (χ0n) is 12.0. The topological polar surface area (TPSA) is 52.3 Å². The minimum atomic E-state index is -0.0223. The molecule has 0 saturated carbocycles. The summed E-state index contributed by atoms with van der Waals surface area (Å²) >= 11 is 0. The van der Waals surface area contributed by atoms with Crippen molar-refractivity contribution in [3.8, 4) is 5.75 Å². The highest BCUT2D eigenvalue weighted by atomic mass is 16.5. The number of ketones is 1. The van der Waals surface area contributed by atoms with Crippen LogP contribution < -0.4 is 10.5 Å². The Morgan fingerprint density at radius 3 is 2.35 bits per heavy atom. The van der Waals surface area contributed by atoms with E-state index >= 15 is 0 Å². The molecule has 0 spiro atoms. The molecular formula is C17H19NO2. The summed E-state index contributed by atoms with van der Waals surface area (Å²) in [5.74, 6) is 0.742. The van der Waals surface area contributed by atoms with Gasteiger partial charge in [0.1, 0.15) is 5.75 Å². The van der Waals surface area contributed by atoms with Gasteiger partial charge in [-0.25, -0.2) is 0 Å². The summed E-state index contributed by atoms with van der Waals surface area (Å²) in [5.41, 5.74) is 8.54. The first kappa shape index (κ1) is 14.1. The summed E-state index contributed by atoms with van der Waals surface area (Å²) in [6.45, 7) is 5.84. The molecule has 3 heteroatoms. The lowest BCUT2D eigenvalue weighted by atomic mass is 9.98. The largest absolute Gasteiger partial charge is 0.491 e. The molecule has 2 aromatic carbocycles. The molecular weight excluding hydrogens is 250 g/mol. The van der Waals surface area contributed by atoms with Gasteiger partial charge in [-0.05, 0) is 62.7 Å². The second-order valence-corrected chi connectivity index (χ2v) is 5.09. The van der Waals surface area contributed by atoms with Crippen LogP contribution in [0.4, 0.5) is 5.69 Å². The van der Waals surface area contributed by atoms with Crippen LogP contribution in [0.2, 0.25) is 0 Å². The van der Waals surface area contributed by atoms with Crippen LogP contribution in [0, 0.1) is 6.92 Å². The first-order chi connectivity index (χ1) is 9.47. The van der Waals surface area contributed by atoms with Gasteiger partial charge in [0.2, 0.25) is 0 Å². The third-order valence-electron chi connectivity index (χ3n) is 2.99. The number of nitrogen functional groups attached to an aromatic ring is 1. The molecule has 20 heavy (non-hydrogen) atoms. The van der Waals surface area contributed by atoms with Crippen LogP contribution in [0.15, 0.2) is 42.5 Å². The Morgan fingerprint density at radius 1 is 1.10 bits per heavy atom. The molecule has 2 rings (SSSR count). The van der Waals surface area contributed by atoms with Gasteiger partial charge in [-0.1, -0.05) is 6.07 Å². The van der Waals surface area contributed by atoms with Gasteiger partial charge in [0, 0.05) is 16.8 Å². The van der Waals surface area contributed by atoms with E-state index in [2.05, 4.69) is 0 Å².